The number of nitrogens with one attached hydrogen (secondary N) is 1. The minimum absolute atomic E-state index is 0.0960. The topological polar surface area (TPSA) is 68.6 Å². The van der Waals surface area contributed by atoms with E-state index >= 15 is 0 Å². The van der Waals surface area contributed by atoms with E-state index in [1.807, 2.05) is 29.2 Å². The molecule has 2 saturated heterocycles. The number of pyridine rings is 1. The predicted molar refractivity (Wildman–Crippen MR) is 112 cm³/mol. The zero-order chi connectivity index (χ0) is 20.2. The van der Waals surface area contributed by atoms with Gasteiger partial charge in [0.15, 0.2) is 5.11 Å². The fourth-order valence-corrected chi connectivity index (χ4v) is 4.42. The Kier molecular flexibility index (Phi) is 6.10. The summed E-state index contributed by atoms with van der Waals surface area (Å²) in [6.07, 6.45) is 6.22. The van der Waals surface area contributed by atoms with Gasteiger partial charge in [0, 0.05) is 31.2 Å². The molecule has 0 amide bonds. The largest absolute Gasteiger partial charge is 0.465 e. The summed E-state index contributed by atoms with van der Waals surface area (Å²) in [7, 11) is 0. The molecule has 2 aromatic heterocycles. The van der Waals surface area contributed by atoms with Crippen LogP contribution in [0.25, 0.3) is 0 Å². The highest BCUT2D eigenvalue weighted by molar-refractivity contribution is 7.80. The van der Waals surface area contributed by atoms with Crippen molar-refractivity contribution in [1.82, 2.24) is 19.8 Å². The molecule has 4 rings (SSSR count). The molecule has 7 nitrogen and oxygen atoms in total. The summed E-state index contributed by atoms with van der Waals surface area (Å²) in [5, 5.41) is 3.90. The van der Waals surface area contributed by atoms with Gasteiger partial charge >= 0.3 is 5.97 Å². The van der Waals surface area contributed by atoms with Gasteiger partial charge in [0.25, 0.3) is 0 Å². The third-order valence-electron chi connectivity index (χ3n) is 5.39. The Labute approximate surface area is 176 Å². The van der Waals surface area contributed by atoms with Crippen molar-refractivity contribution >= 4 is 23.3 Å². The summed E-state index contributed by atoms with van der Waals surface area (Å²) in [5.41, 5.74) is 1.96. The van der Waals surface area contributed by atoms with E-state index in [0.717, 1.165) is 37.4 Å². The Morgan fingerprint density at radius 2 is 2.28 bits per heavy atom. The number of esters is 1. The highest BCUT2D eigenvalue weighted by Crippen LogP contribution is 2.38. The third-order valence-corrected chi connectivity index (χ3v) is 5.75. The molecular formula is C21H26N4O3S. The molecule has 2 aliphatic rings. The first-order valence-corrected chi connectivity index (χ1v) is 10.5. The van der Waals surface area contributed by atoms with Gasteiger partial charge in [-0.25, -0.2) is 0 Å². The molecule has 154 valence electrons. The number of ether oxygens (including phenoxy) is 2. The zero-order valence-corrected chi connectivity index (χ0v) is 17.3. The Morgan fingerprint density at radius 3 is 3.00 bits per heavy atom. The minimum Gasteiger partial charge on any atom is -0.465 e. The van der Waals surface area contributed by atoms with E-state index in [9.17, 15) is 4.79 Å². The van der Waals surface area contributed by atoms with E-state index in [0.29, 0.717) is 11.7 Å². The van der Waals surface area contributed by atoms with Crippen LogP contribution in [-0.2, 0) is 20.8 Å². The van der Waals surface area contributed by atoms with E-state index in [1.165, 1.54) is 0 Å². The average molecular weight is 415 g/mol. The van der Waals surface area contributed by atoms with Crippen molar-refractivity contribution in [1.29, 1.82) is 0 Å². The van der Waals surface area contributed by atoms with Crippen LogP contribution in [0.15, 0.2) is 42.7 Å². The normalized spacial score (nSPS) is 24.0. The molecule has 0 aromatic carbocycles. The van der Waals surface area contributed by atoms with Crippen molar-refractivity contribution in [3.05, 3.63) is 54.1 Å². The van der Waals surface area contributed by atoms with Crippen LogP contribution in [-0.4, -0.2) is 51.4 Å². The first-order valence-electron chi connectivity index (χ1n) is 10.1. The van der Waals surface area contributed by atoms with E-state index in [4.69, 9.17) is 21.7 Å². The lowest BCUT2D eigenvalue weighted by molar-refractivity contribution is -0.143. The van der Waals surface area contributed by atoms with Crippen LogP contribution < -0.4 is 5.32 Å². The number of thiocarbonyl (C=S) groups is 1. The lowest BCUT2D eigenvalue weighted by Gasteiger charge is -2.28. The second kappa shape index (κ2) is 8.92. The Morgan fingerprint density at radius 1 is 1.38 bits per heavy atom. The van der Waals surface area contributed by atoms with Crippen LogP contribution in [0.1, 0.15) is 43.2 Å². The van der Waals surface area contributed by atoms with E-state index < -0.39 is 0 Å². The van der Waals surface area contributed by atoms with Crippen LogP contribution in [0, 0.1) is 0 Å². The van der Waals surface area contributed by atoms with Crippen molar-refractivity contribution in [2.24, 2.45) is 0 Å². The predicted octanol–water partition coefficient (Wildman–Crippen LogP) is 2.60. The second-order valence-electron chi connectivity index (χ2n) is 7.28. The summed E-state index contributed by atoms with van der Waals surface area (Å²) in [4.78, 5) is 18.7. The Hall–Kier alpha value is -2.45. The highest BCUT2D eigenvalue weighted by Gasteiger charge is 2.42. The van der Waals surface area contributed by atoms with Gasteiger partial charge in [-0.2, -0.15) is 0 Å². The molecule has 0 aliphatic carbocycles. The van der Waals surface area contributed by atoms with Gasteiger partial charge in [-0.05, 0) is 56.2 Å². The number of carbonyl (C=O) groups is 1. The molecule has 2 aliphatic heterocycles. The SMILES string of the molecule is CCOC(=O)CN1C(=S)N[C@H](c2ccccn2)[C@H]1c1cccn1C[C@@H]1CCCO1. The lowest BCUT2D eigenvalue weighted by atomic mass is 10.0. The number of rotatable bonds is 7. The maximum atomic E-state index is 12.3. The lowest BCUT2D eigenvalue weighted by Crippen LogP contribution is -2.36. The van der Waals surface area contributed by atoms with Crippen LogP contribution in [0.2, 0.25) is 0 Å². The number of hydrogen-bond donors (Lipinski definition) is 1. The summed E-state index contributed by atoms with van der Waals surface area (Å²) in [6.45, 7) is 3.85. The second-order valence-corrected chi connectivity index (χ2v) is 7.67. The van der Waals surface area contributed by atoms with Crippen molar-refractivity contribution in [3.63, 3.8) is 0 Å². The van der Waals surface area contributed by atoms with Gasteiger partial charge < -0.3 is 24.3 Å². The Balaban J connectivity index is 1.67. The first kappa shape index (κ1) is 19.8. The van der Waals surface area contributed by atoms with E-state index in [1.54, 1.807) is 13.1 Å². The van der Waals surface area contributed by atoms with E-state index in [2.05, 4.69) is 27.1 Å². The quantitative estimate of drug-likeness (QED) is 0.552. The smallest absolute Gasteiger partial charge is 0.325 e. The van der Waals surface area contributed by atoms with Gasteiger partial charge in [-0.1, -0.05) is 6.07 Å². The van der Waals surface area contributed by atoms with Gasteiger partial charge in [0.1, 0.15) is 6.54 Å². The van der Waals surface area contributed by atoms with Crippen molar-refractivity contribution in [3.8, 4) is 0 Å². The number of carbonyl (C=O) groups excluding carboxylic acids is 1. The Bertz CT molecular complexity index is 851. The van der Waals surface area contributed by atoms with Crippen LogP contribution >= 0.6 is 12.2 Å². The summed E-state index contributed by atoms with van der Waals surface area (Å²) in [5.74, 6) is -0.291. The summed E-state index contributed by atoms with van der Waals surface area (Å²) >= 11 is 5.60. The molecule has 0 radical (unpaired) electrons. The fraction of sp³-hybridized carbons (Fsp3) is 0.476. The van der Waals surface area contributed by atoms with Crippen LogP contribution in [0.3, 0.4) is 0 Å². The number of hydrogen-bond acceptors (Lipinski definition) is 5. The maximum absolute atomic E-state index is 12.3. The average Bonchev–Trinajstić information content (AvgIpc) is 3.45. The molecule has 3 atom stereocenters. The minimum atomic E-state index is -0.291. The van der Waals surface area contributed by atoms with E-state index in [-0.39, 0.29) is 30.7 Å². The standard InChI is InChI=1S/C21H26N4O3S/c1-2-27-18(26)14-25-20(19(23-21(25)29)16-8-3-4-10-22-16)17-9-5-11-24(17)13-15-7-6-12-28-15/h3-5,8-11,15,19-20H,2,6-7,12-14H2,1H3,(H,23,29)/t15-,19+,20+/m0/s1. The maximum Gasteiger partial charge on any atom is 0.325 e. The summed E-state index contributed by atoms with van der Waals surface area (Å²) in [6, 6.07) is 9.63. The van der Waals surface area contributed by atoms with Crippen LogP contribution in [0.4, 0.5) is 0 Å². The molecule has 2 aromatic rings. The molecular weight excluding hydrogens is 388 g/mol. The summed E-state index contributed by atoms with van der Waals surface area (Å²) < 4.78 is 13.2. The molecule has 29 heavy (non-hydrogen) atoms. The third kappa shape index (κ3) is 4.28. The molecule has 8 heteroatoms. The van der Waals surface area contributed by atoms with Crippen molar-refractivity contribution in [2.45, 2.75) is 44.5 Å². The number of nitrogens with zero attached hydrogens (tertiary/aromatic N) is 3. The molecule has 0 spiro atoms. The molecule has 2 fully saturated rings. The molecule has 4 heterocycles. The van der Waals surface area contributed by atoms with Crippen LogP contribution in [0.5, 0.6) is 0 Å². The first-order chi connectivity index (χ1) is 14.2. The molecule has 0 bridgehead atoms. The number of aromatic nitrogens is 2. The van der Waals surface area contributed by atoms with Crippen molar-refractivity contribution in [2.75, 3.05) is 19.8 Å². The van der Waals surface area contributed by atoms with Gasteiger partial charge in [0.2, 0.25) is 0 Å². The highest BCUT2D eigenvalue weighted by atomic mass is 32.1. The zero-order valence-electron chi connectivity index (χ0n) is 16.5. The molecule has 0 unspecified atom stereocenters. The van der Waals surface area contributed by atoms with Gasteiger partial charge in [0.05, 0.1) is 30.5 Å². The van der Waals surface area contributed by atoms with Gasteiger partial charge in [-0.3, -0.25) is 9.78 Å². The molecule has 0 saturated carbocycles. The molecule has 1 N–H and O–H groups in total. The monoisotopic (exact) mass is 414 g/mol. The van der Waals surface area contributed by atoms with Gasteiger partial charge in [-0.15, -0.1) is 0 Å². The van der Waals surface area contributed by atoms with Crippen molar-refractivity contribution < 1.29 is 14.3 Å². The fourth-order valence-electron chi connectivity index (χ4n) is 4.11.